The van der Waals surface area contributed by atoms with Crippen molar-refractivity contribution >= 4 is 27.5 Å². The number of benzene rings is 1. The zero-order chi connectivity index (χ0) is 21.0. The van der Waals surface area contributed by atoms with E-state index >= 15 is 0 Å². The van der Waals surface area contributed by atoms with Crippen molar-refractivity contribution in [1.29, 1.82) is 0 Å². The Morgan fingerprint density at radius 3 is 2.72 bits per heavy atom. The highest BCUT2D eigenvalue weighted by Gasteiger charge is 2.16. The van der Waals surface area contributed by atoms with E-state index in [4.69, 9.17) is 21.8 Å². The van der Waals surface area contributed by atoms with Gasteiger partial charge in [0.15, 0.2) is 0 Å². The zero-order valence-corrected chi connectivity index (χ0v) is 16.6. The van der Waals surface area contributed by atoms with E-state index in [9.17, 15) is 12.8 Å². The number of nitrogens with zero attached hydrogens (tertiary/aromatic N) is 5. The first-order chi connectivity index (χ1) is 13.7. The van der Waals surface area contributed by atoms with Gasteiger partial charge in [-0.15, -0.1) is 10.2 Å². The van der Waals surface area contributed by atoms with E-state index in [2.05, 4.69) is 29.9 Å². The molecule has 0 bridgehead atoms. The lowest BCUT2D eigenvalue weighted by molar-refractivity contribution is 0.470. The predicted octanol–water partition coefficient (Wildman–Crippen LogP) is 1.34. The first-order valence-electron chi connectivity index (χ1n) is 8.09. The fourth-order valence-corrected chi connectivity index (χ4v) is 3.38. The third-order valence-electron chi connectivity index (χ3n) is 3.56. The first kappa shape index (κ1) is 20.8. The summed E-state index contributed by atoms with van der Waals surface area (Å²) in [5.41, 5.74) is 6.49. The molecule has 0 aliphatic carbocycles. The normalized spacial score (nSPS) is 12.3. The lowest BCUT2D eigenvalue weighted by atomic mass is 10.3. The molecule has 2 heterocycles. The van der Waals surface area contributed by atoms with Gasteiger partial charge in [0.05, 0.1) is 34.6 Å². The highest BCUT2D eigenvalue weighted by molar-refractivity contribution is 7.89. The van der Waals surface area contributed by atoms with Crippen LogP contribution in [-0.2, 0) is 23.1 Å². The summed E-state index contributed by atoms with van der Waals surface area (Å²) >= 11 is 5.62. The number of nitrogens with two attached hydrogens (primary N) is 1. The molecule has 0 aliphatic heterocycles. The number of rotatable bonds is 7. The Morgan fingerprint density at radius 2 is 2.10 bits per heavy atom. The average molecular weight is 440 g/mol. The maximum Gasteiger partial charge on any atom is 0.240 e. The van der Waals surface area contributed by atoms with E-state index in [0.717, 1.165) is 18.2 Å². The van der Waals surface area contributed by atoms with Crippen molar-refractivity contribution in [3.8, 4) is 0 Å². The summed E-state index contributed by atoms with van der Waals surface area (Å²) in [5.74, 6) is 0.135. The molecule has 0 unspecified atom stereocenters. The number of aromatic nitrogens is 4. The van der Waals surface area contributed by atoms with Crippen LogP contribution >= 0.6 is 11.6 Å². The van der Waals surface area contributed by atoms with Gasteiger partial charge >= 0.3 is 0 Å². The Hall–Kier alpha value is -2.96. The van der Waals surface area contributed by atoms with Crippen LogP contribution in [0.25, 0.3) is 0 Å². The minimum atomic E-state index is -3.90. The molecule has 3 N–H and O–H groups in total. The topological polar surface area (TPSA) is 149 Å². The van der Waals surface area contributed by atoms with Crippen LogP contribution in [0.4, 0.5) is 4.39 Å². The van der Waals surface area contributed by atoms with Gasteiger partial charge in [-0.05, 0) is 18.2 Å². The largest absolute Gasteiger partial charge is 0.424 e. The van der Waals surface area contributed by atoms with Gasteiger partial charge in [0.1, 0.15) is 23.9 Å². The number of amidine groups is 1. The maximum atomic E-state index is 13.2. The van der Waals surface area contributed by atoms with Gasteiger partial charge < -0.3 is 10.2 Å². The van der Waals surface area contributed by atoms with Crippen LogP contribution in [0.2, 0.25) is 5.02 Å². The van der Waals surface area contributed by atoms with Crippen molar-refractivity contribution in [2.45, 2.75) is 24.9 Å². The molecule has 0 atom stereocenters. The fraction of sp³-hybridized carbons (Fsp3) is 0.188. The standard InChI is InChI=1S/C16H15ClFN7O3S/c1-9-24-25-15(28-9)8-22-16(19)14-7-20-10(5-21-14)6-23-29(26,27)11-2-3-13(18)12(17)4-11/h2-5,7,23H,6,8H2,1H3,(H2,19,22). The van der Waals surface area contributed by atoms with Gasteiger partial charge in [-0.25, -0.2) is 22.5 Å². The number of hydrogen-bond donors (Lipinski definition) is 2. The number of aliphatic imine (C=N–C) groups is 1. The highest BCUT2D eigenvalue weighted by atomic mass is 35.5. The summed E-state index contributed by atoms with van der Waals surface area (Å²) in [6.07, 6.45) is 2.71. The monoisotopic (exact) mass is 439 g/mol. The molecule has 10 nitrogen and oxygen atoms in total. The molecule has 0 radical (unpaired) electrons. The summed E-state index contributed by atoms with van der Waals surface area (Å²) in [5, 5.41) is 7.19. The summed E-state index contributed by atoms with van der Waals surface area (Å²) < 4.78 is 45.3. The highest BCUT2D eigenvalue weighted by Crippen LogP contribution is 2.19. The molecule has 0 spiro atoms. The Labute approximate surface area is 170 Å². The molecule has 0 amide bonds. The van der Waals surface area contributed by atoms with Gasteiger partial charge in [0, 0.05) is 6.92 Å². The lowest BCUT2D eigenvalue weighted by Gasteiger charge is -2.07. The average Bonchev–Trinajstić information content (AvgIpc) is 3.12. The Bertz CT molecular complexity index is 1150. The number of sulfonamides is 1. The number of nitrogens with one attached hydrogen (secondary N) is 1. The quantitative estimate of drug-likeness (QED) is 0.413. The minimum Gasteiger partial charge on any atom is -0.424 e. The van der Waals surface area contributed by atoms with Crippen LogP contribution in [0.3, 0.4) is 0 Å². The first-order valence-corrected chi connectivity index (χ1v) is 9.95. The van der Waals surface area contributed by atoms with E-state index in [1.807, 2.05) is 0 Å². The third-order valence-corrected chi connectivity index (χ3v) is 5.25. The van der Waals surface area contributed by atoms with Gasteiger partial charge in [0.2, 0.25) is 21.8 Å². The summed E-state index contributed by atoms with van der Waals surface area (Å²) in [4.78, 5) is 12.1. The van der Waals surface area contributed by atoms with Crippen molar-refractivity contribution in [2.75, 3.05) is 0 Å². The van der Waals surface area contributed by atoms with Crippen molar-refractivity contribution in [3.63, 3.8) is 0 Å². The smallest absolute Gasteiger partial charge is 0.240 e. The SMILES string of the molecule is Cc1nnc(CN=C(N)c2cnc(CNS(=O)(=O)c3ccc(F)c(Cl)c3)cn2)o1. The van der Waals surface area contributed by atoms with Gasteiger partial charge in [-0.2, -0.15) is 0 Å². The molecule has 13 heteroatoms. The van der Waals surface area contributed by atoms with Crippen molar-refractivity contribution in [1.82, 2.24) is 24.9 Å². The van der Waals surface area contributed by atoms with Crippen molar-refractivity contribution in [2.24, 2.45) is 10.7 Å². The third kappa shape index (κ3) is 5.31. The molecule has 0 saturated heterocycles. The minimum absolute atomic E-state index is 0.0934. The lowest BCUT2D eigenvalue weighted by Crippen LogP contribution is -2.24. The second-order valence-electron chi connectivity index (χ2n) is 5.71. The number of halogens is 2. The maximum absolute atomic E-state index is 13.2. The van der Waals surface area contributed by atoms with Crippen LogP contribution in [0, 0.1) is 12.7 Å². The van der Waals surface area contributed by atoms with E-state index in [1.54, 1.807) is 6.92 Å². The molecule has 0 aliphatic rings. The molecule has 0 saturated carbocycles. The van der Waals surface area contributed by atoms with Crippen LogP contribution in [0.5, 0.6) is 0 Å². The molecule has 0 fully saturated rings. The van der Waals surface area contributed by atoms with Gasteiger partial charge in [-0.3, -0.25) is 9.98 Å². The second kappa shape index (κ2) is 8.59. The van der Waals surface area contributed by atoms with Crippen LogP contribution in [-0.4, -0.2) is 34.4 Å². The molecule has 1 aromatic carbocycles. The molecule has 3 aromatic rings. The molecular weight excluding hydrogens is 425 g/mol. The van der Waals surface area contributed by atoms with Crippen LogP contribution < -0.4 is 10.5 Å². The Morgan fingerprint density at radius 1 is 1.31 bits per heavy atom. The fourth-order valence-electron chi connectivity index (χ4n) is 2.11. The van der Waals surface area contributed by atoms with E-state index in [0.29, 0.717) is 23.2 Å². The van der Waals surface area contributed by atoms with Gasteiger partial charge in [0.25, 0.3) is 0 Å². The molecule has 29 heavy (non-hydrogen) atoms. The summed E-state index contributed by atoms with van der Waals surface area (Å²) in [7, 11) is -3.90. The summed E-state index contributed by atoms with van der Waals surface area (Å²) in [6, 6.07) is 3.11. The predicted molar refractivity (Wildman–Crippen MR) is 101 cm³/mol. The number of aryl methyl sites for hydroxylation is 1. The molecule has 152 valence electrons. The van der Waals surface area contributed by atoms with E-state index < -0.39 is 15.8 Å². The van der Waals surface area contributed by atoms with E-state index in [1.165, 1.54) is 12.4 Å². The molecule has 3 rings (SSSR count). The van der Waals surface area contributed by atoms with Crippen LogP contribution in [0.15, 0.2) is 44.9 Å². The molecule has 2 aromatic heterocycles. The van der Waals surface area contributed by atoms with Crippen molar-refractivity contribution < 1.29 is 17.2 Å². The molecular formula is C16H15ClFN7O3S. The van der Waals surface area contributed by atoms with Gasteiger partial charge in [-0.1, -0.05) is 11.6 Å². The van der Waals surface area contributed by atoms with E-state index in [-0.39, 0.29) is 28.8 Å². The Kier molecular flexibility index (Phi) is 6.15. The summed E-state index contributed by atoms with van der Waals surface area (Å²) in [6.45, 7) is 1.62. The second-order valence-corrected chi connectivity index (χ2v) is 7.88. The Balaban J connectivity index is 1.63. The van der Waals surface area contributed by atoms with Crippen LogP contribution in [0.1, 0.15) is 23.2 Å². The number of hydrogen-bond acceptors (Lipinski definition) is 8. The van der Waals surface area contributed by atoms with Crippen molar-refractivity contribution in [3.05, 3.63) is 64.6 Å². The zero-order valence-electron chi connectivity index (χ0n) is 15.0.